The molecule has 0 fully saturated rings. The predicted molar refractivity (Wildman–Crippen MR) is 51.5 cm³/mol. The summed E-state index contributed by atoms with van der Waals surface area (Å²) >= 11 is 0. The van der Waals surface area contributed by atoms with Crippen molar-refractivity contribution in [2.45, 2.75) is 13.8 Å². The highest BCUT2D eigenvalue weighted by atomic mass is 19.1. The lowest BCUT2D eigenvalue weighted by Crippen LogP contribution is -2.09. The van der Waals surface area contributed by atoms with E-state index < -0.39 is 11.8 Å². The number of carbonyl (C=O) groups excluding carboxylic acids is 1. The second kappa shape index (κ2) is 4.09. The van der Waals surface area contributed by atoms with Crippen LogP contribution in [0.2, 0.25) is 0 Å². The Balaban J connectivity index is 3.09. The van der Waals surface area contributed by atoms with Crippen LogP contribution in [0.4, 0.5) is 10.1 Å². The van der Waals surface area contributed by atoms with Crippen LogP contribution in [0.1, 0.15) is 22.8 Å². The smallest absolute Gasteiger partial charge is 0.340 e. The molecule has 0 saturated carbocycles. The fraction of sp³-hybridized carbons (Fsp3) is 0.300. The number of nitrogen functional groups attached to an aromatic ring is 1. The Morgan fingerprint density at radius 3 is 2.79 bits per heavy atom. The zero-order valence-corrected chi connectivity index (χ0v) is 8.13. The summed E-state index contributed by atoms with van der Waals surface area (Å²) in [5.74, 6) is -1.05. The normalized spacial score (nSPS) is 9.93. The molecule has 0 amide bonds. The lowest BCUT2D eigenvalue weighted by Gasteiger charge is -2.06. The minimum atomic E-state index is -0.594. The zero-order valence-electron chi connectivity index (χ0n) is 8.13. The van der Waals surface area contributed by atoms with E-state index in [1.54, 1.807) is 13.8 Å². The molecule has 76 valence electrons. The fourth-order valence-electron chi connectivity index (χ4n) is 1.09. The number of rotatable bonds is 2. The summed E-state index contributed by atoms with van der Waals surface area (Å²) in [4.78, 5) is 11.3. The van der Waals surface area contributed by atoms with Crippen molar-refractivity contribution >= 4 is 11.7 Å². The Kier molecular flexibility index (Phi) is 3.06. The second-order valence-electron chi connectivity index (χ2n) is 2.91. The fourth-order valence-corrected chi connectivity index (χ4v) is 1.09. The van der Waals surface area contributed by atoms with Gasteiger partial charge in [0.1, 0.15) is 5.82 Å². The van der Waals surface area contributed by atoms with E-state index in [0.29, 0.717) is 5.56 Å². The molecule has 0 aromatic heterocycles. The molecule has 0 spiro atoms. The standard InChI is InChI=1S/C10H12FNO2/c1-3-14-10(13)7-5-8(11)6(2)4-9(7)12/h4-5H,3,12H2,1-2H3. The number of anilines is 1. The van der Waals surface area contributed by atoms with Crippen LogP contribution < -0.4 is 5.73 Å². The summed E-state index contributed by atoms with van der Waals surface area (Å²) in [6.07, 6.45) is 0. The maximum absolute atomic E-state index is 13.1. The zero-order chi connectivity index (χ0) is 10.7. The number of benzene rings is 1. The molecule has 0 saturated heterocycles. The number of halogens is 1. The van der Waals surface area contributed by atoms with Crippen LogP contribution in [0.15, 0.2) is 12.1 Å². The van der Waals surface area contributed by atoms with Gasteiger partial charge in [0.05, 0.1) is 12.2 Å². The van der Waals surface area contributed by atoms with Crippen molar-refractivity contribution in [3.05, 3.63) is 29.1 Å². The van der Waals surface area contributed by atoms with Crippen LogP contribution in [0, 0.1) is 12.7 Å². The molecule has 0 heterocycles. The predicted octanol–water partition coefficient (Wildman–Crippen LogP) is 1.89. The number of ether oxygens (including phenoxy) is 1. The highest BCUT2D eigenvalue weighted by Crippen LogP contribution is 2.18. The van der Waals surface area contributed by atoms with E-state index >= 15 is 0 Å². The first-order chi connectivity index (χ1) is 6.56. The molecule has 14 heavy (non-hydrogen) atoms. The van der Waals surface area contributed by atoms with Crippen molar-refractivity contribution in [1.29, 1.82) is 0 Å². The summed E-state index contributed by atoms with van der Waals surface area (Å²) in [6.45, 7) is 3.51. The van der Waals surface area contributed by atoms with Gasteiger partial charge in [0.15, 0.2) is 0 Å². The molecule has 0 aliphatic heterocycles. The third-order valence-electron chi connectivity index (χ3n) is 1.83. The SMILES string of the molecule is CCOC(=O)c1cc(F)c(C)cc1N. The number of aryl methyl sites for hydroxylation is 1. The number of carbonyl (C=O) groups is 1. The van der Waals surface area contributed by atoms with Crippen molar-refractivity contribution in [1.82, 2.24) is 0 Å². The maximum atomic E-state index is 13.1. The van der Waals surface area contributed by atoms with Crippen LogP contribution in [0.5, 0.6) is 0 Å². The van der Waals surface area contributed by atoms with E-state index in [2.05, 4.69) is 0 Å². The minimum absolute atomic E-state index is 0.0787. The Morgan fingerprint density at radius 2 is 2.21 bits per heavy atom. The summed E-state index contributed by atoms with van der Waals surface area (Å²) in [6, 6.07) is 2.52. The molecule has 3 nitrogen and oxygen atoms in total. The van der Waals surface area contributed by atoms with E-state index in [1.165, 1.54) is 6.07 Å². The third-order valence-corrected chi connectivity index (χ3v) is 1.83. The molecule has 0 aliphatic carbocycles. The molecule has 1 aromatic carbocycles. The number of hydrogen-bond acceptors (Lipinski definition) is 3. The molecule has 0 bridgehead atoms. The molecule has 0 atom stereocenters. The Hall–Kier alpha value is -1.58. The summed E-state index contributed by atoms with van der Waals surface area (Å²) < 4.78 is 17.8. The maximum Gasteiger partial charge on any atom is 0.340 e. The number of hydrogen-bond donors (Lipinski definition) is 1. The van der Waals surface area contributed by atoms with E-state index in [1.807, 2.05) is 0 Å². The molecule has 0 aliphatic rings. The number of esters is 1. The molecule has 2 N–H and O–H groups in total. The average molecular weight is 197 g/mol. The van der Waals surface area contributed by atoms with Gasteiger partial charge in [-0.15, -0.1) is 0 Å². The largest absolute Gasteiger partial charge is 0.462 e. The number of nitrogens with two attached hydrogens (primary N) is 1. The van der Waals surface area contributed by atoms with E-state index in [0.717, 1.165) is 6.07 Å². The molecule has 0 unspecified atom stereocenters. The Labute approximate surface area is 81.7 Å². The quantitative estimate of drug-likeness (QED) is 0.581. The first-order valence-electron chi connectivity index (χ1n) is 4.29. The molecule has 4 heteroatoms. The van der Waals surface area contributed by atoms with Gasteiger partial charge in [0, 0.05) is 5.69 Å². The van der Waals surface area contributed by atoms with Gasteiger partial charge >= 0.3 is 5.97 Å². The van der Waals surface area contributed by atoms with Gasteiger partial charge in [-0.05, 0) is 31.5 Å². The van der Waals surface area contributed by atoms with Crippen LogP contribution in [-0.2, 0) is 4.74 Å². The Morgan fingerprint density at radius 1 is 1.57 bits per heavy atom. The summed E-state index contributed by atoms with van der Waals surface area (Å²) in [5.41, 5.74) is 6.28. The van der Waals surface area contributed by atoms with Crippen LogP contribution in [0.25, 0.3) is 0 Å². The van der Waals surface area contributed by atoms with Crippen molar-refractivity contribution in [3.63, 3.8) is 0 Å². The molecular formula is C10H12FNO2. The van der Waals surface area contributed by atoms with Crippen LogP contribution in [-0.4, -0.2) is 12.6 Å². The van der Waals surface area contributed by atoms with Crippen molar-refractivity contribution < 1.29 is 13.9 Å². The monoisotopic (exact) mass is 197 g/mol. The average Bonchev–Trinajstić information content (AvgIpc) is 2.11. The first kappa shape index (κ1) is 10.5. The minimum Gasteiger partial charge on any atom is -0.462 e. The molecule has 1 rings (SSSR count). The molecule has 0 radical (unpaired) electrons. The van der Waals surface area contributed by atoms with Gasteiger partial charge in [-0.1, -0.05) is 0 Å². The van der Waals surface area contributed by atoms with Gasteiger partial charge in [-0.3, -0.25) is 0 Å². The van der Waals surface area contributed by atoms with Gasteiger partial charge in [0.25, 0.3) is 0 Å². The topological polar surface area (TPSA) is 52.3 Å². The van der Waals surface area contributed by atoms with Crippen molar-refractivity contribution in [3.8, 4) is 0 Å². The van der Waals surface area contributed by atoms with E-state index in [9.17, 15) is 9.18 Å². The van der Waals surface area contributed by atoms with Crippen molar-refractivity contribution in [2.24, 2.45) is 0 Å². The van der Waals surface area contributed by atoms with E-state index in [4.69, 9.17) is 10.5 Å². The van der Waals surface area contributed by atoms with Crippen molar-refractivity contribution in [2.75, 3.05) is 12.3 Å². The van der Waals surface area contributed by atoms with Gasteiger partial charge in [-0.25, -0.2) is 9.18 Å². The van der Waals surface area contributed by atoms with Crippen LogP contribution in [0.3, 0.4) is 0 Å². The Bertz CT molecular complexity index is 363. The first-order valence-corrected chi connectivity index (χ1v) is 4.29. The van der Waals surface area contributed by atoms with Gasteiger partial charge in [0.2, 0.25) is 0 Å². The van der Waals surface area contributed by atoms with Gasteiger partial charge in [-0.2, -0.15) is 0 Å². The summed E-state index contributed by atoms with van der Waals surface area (Å²) in [7, 11) is 0. The molecular weight excluding hydrogens is 185 g/mol. The lowest BCUT2D eigenvalue weighted by atomic mass is 10.1. The highest BCUT2D eigenvalue weighted by Gasteiger charge is 2.13. The highest BCUT2D eigenvalue weighted by molar-refractivity contribution is 5.95. The summed E-state index contributed by atoms with van der Waals surface area (Å²) in [5, 5.41) is 0. The van der Waals surface area contributed by atoms with Gasteiger partial charge < -0.3 is 10.5 Å². The van der Waals surface area contributed by atoms with E-state index in [-0.39, 0.29) is 17.9 Å². The third kappa shape index (κ3) is 2.02. The lowest BCUT2D eigenvalue weighted by molar-refractivity contribution is 0.0527. The molecule has 1 aromatic rings. The second-order valence-corrected chi connectivity index (χ2v) is 2.91. The van der Waals surface area contributed by atoms with Crippen LogP contribution >= 0.6 is 0 Å².